The van der Waals surface area contributed by atoms with Gasteiger partial charge in [0.15, 0.2) is 0 Å². The minimum Gasteiger partial charge on any atom is -0.0842 e. The van der Waals surface area contributed by atoms with Crippen LogP contribution in [0, 0.1) is 0 Å². The van der Waals surface area contributed by atoms with E-state index in [1.807, 2.05) is 0 Å². The summed E-state index contributed by atoms with van der Waals surface area (Å²) < 4.78 is 0. The molecule has 0 heteroatoms. The molecule has 0 spiro atoms. The monoisotopic (exact) mass is 324 g/mol. The Morgan fingerprint density at radius 3 is 2.48 bits per heavy atom. The van der Waals surface area contributed by atoms with Crippen molar-refractivity contribution in [2.24, 2.45) is 0 Å². The van der Waals surface area contributed by atoms with Crippen LogP contribution < -0.4 is 20.9 Å². The predicted molar refractivity (Wildman–Crippen MR) is 109 cm³/mol. The molecule has 0 unspecified atom stereocenters. The number of benzene rings is 2. The fourth-order valence-corrected chi connectivity index (χ4v) is 3.88. The van der Waals surface area contributed by atoms with E-state index < -0.39 is 0 Å². The molecule has 0 N–H and O–H groups in total. The SMILES string of the molecule is CC1=CCC/C=C/C=c2/ccccc2=C1c1cccc2c1=CCCC=2. The fourth-order valence-electron chi connectivity index (χ4n) is 3.88. The summed E-state index contributed by atoms with van der Waals surface area (Å²) in [5, 5.41) is 5.40. The molecule has 2 aromatic carbocycles. The van der Waals surface area contributed by atoms with Gasteiger partial charge >= 0.3 is 0 Å². The van der Waals surface area contributed by atoms with E-state index in [0.29, 0.717) is 0 Å². The number of rotatable bonds is 1. The molecule has 0 heterocycles. The van der Waals surface area contributed by atoms with E-state index in [9.17, 15) is 0 Å². The van der Waals surface area contributed by atoms with Crippen LogP contribution in [-0.4, -0.2) is 0 Å². The van der Waals surface area contributed by atoms with Gasteiger partial charge in [-0.2, -0.15) is 0 Å². The fraction of sp³-hybridized carbons (Fsp3) is 0.200. The topological polar surface area (TPSA) is 0 Å². The van der Waals surface area contributed by atoms with Crippen LogP contribution in [0.25, 0.3) is 23.8 Å². The average Bonchev–Trinajstić information content (AvgIpc) is 2.66. The van der Waals surface area contributed by atoms with Crippen LogP contribution in [0.2, 0.25) is 0 Å². The first-order valence-corrected chi connectivity index (χ1v) is 9.28. The smallest absolute Gasteiger partial charge is 0.00732 e. The van der Waals surface area contributed by atoms with Gasteiger partial charge in [0.05, 0.1) is 0 Å². The summed E-state index contributed by atoms with van der Waals surface area (Å²) in [6.07, 6.45) is 18.4. The summed E-state index contributed by atoms with van der Waals surface area (Å²) >= 11 is 0. The second-order valence-electron chi connectivity index (χ2n) is 6.82. The zero-order valence-electron chi connectivity index (χ0n) is 14.8. The summed E-state index contributed by atoms with van der Waals surface area (Å²) in [6, 6.07) is 15.5. The molecule has 0 saturated heterocycles. The van der Waals surface area contributed by atoms with E-state index >= 15 is 0 Å². The zero-order chi connectivity index (χ0) is 17.1. The number of hydrogen-bond donors (Lipinski definition) is 0. The van der Waals surface area contributed by atoms with Crippen molar-refractivity contribution in [3.8, 4) is 0 Å². The van der Waals surface area contributed by atoms with Crippen LogP contribution in [-0.2, 0) is 0 Å². The molecule has 4 rings (SSSR count). The molecular weight excluding hydrogens is 300 g/mol. The molecule has 25 heavy (non-hydrogen) atoms. The Labute approximate surface area is 149 Å². The standard InChI is InChI=1S/C25H24/c1-19-11-4-2-3-5-12-21-14-7-9-17-23(21)25(19)24-18-10-15-20-13-6-8-16-22(20)24/h3,5,7,9-18H,2,4,6,8H2,1H3/b5-3+,19-11?,21-12-,25-23?. The van der Waals surface area contributed by atoms with Gasteiger partial charge < -0.3 is 0 Å². The molecule has 0 amide bonds. The highest BCUT2D eigenvalue weighted by molar-refractivity contribution is 5.79. The molecule has 0 bridgehead atoms. The normalized spacial score (nSPS) is 19.2. The van der Waals surface area contributed by atoms with E-state index in [1.54, 1.807) is 0 Å². The summed E-state index contributed by atoms with van der Waals surface area (Å²) in [7, 11) is 0. The van der Waals surface area contributed by atoms with E-state index in [-0.39, 0.29) is 0 Å². The summed E-state index contributed by atoms with van der Waals surface area (Å²) in [5.41, 5.74) is 4.13. The second-order valence-corrected chi connectivity index (χ2v) is 6.82. The lowest BCUT2D eigenvalue weighted by atomic mass is 9.90. The largest absolute Gasteiger partial charge is 0.0842 e. The third-order valence-corrected chi connectivity index (χ3v) is 5.11. The maximum atomic E-state index is 2.41. The van der Waals surface area contributed by atoms with E-state index in [4.69, 9.17) is 0 Å². The Hall–Kier alpha value is -2.60. The Morgan fingerprint density at radius 1 is 0.720 bits per heavy atom. The number of allylic oxidation sites excluding steroid dienone is 4. The minimum atomic E-state index is 1.09. The lowest BCUT2D eigenvalue weighted by Gasteiger charge is -2.14. The first-order chi connectivity index (χ1) is 12.3. The van der Waals surface area contributed by atoms with Crippen LogP contribution in [0.4, 0.5) is 0 Å². The summed E-state index contributed by atoms with van der Waals surface area (Å²) in [6.45, 7) is 2.27. The maximum Gasteiger partial charge on any atom is -0.00732 e. The molecule has 2 aromatic rings. The Balaban J connectivity index is 2.18. The highest BCUT2D eigenvalue weighted by Crippen LogP contribution is 2.18. The first kappa shape index (κ1) is 15.9. The van der Waals surface area contributed by atoms with Crippen molar-refractivity contribution < 1.29 is 0 Å². The minimum absolute atomic E-state index is 1.09. The predicted octanol–water partition coefficient (Wildman–Crippen LogP) is 3.32. The molecule has 0 fully saturated rings. The van der Waals surface area contributed by atoms with Crippen molar-refractivity contribution in [1.29, 1.82) is 0 Å². The lowest BCUT2D eigenvalue weighted by molar-refractivity contribution is 1.04. The van der Waals surface area contributed by atoms with Gasteiger partial charge in [0.1, 0.15) is 0 Å². The van der Waals surface area contributed by atoms with Crippen LogP contribution in [0.3, 0.4) is 0 Å². The maximum absolute atomic E-state index is 2.41. The number of hydrogen-bond acceptors (Lipinski definition) is 0. The molecule has 0 atom stereocenters. The van der Waals surface area contributed by atoms with E-state index in [0.717, 1.165) is 25.7 Å². The molecule has 0 nitrogen and oxygen atoms in total. The van der Waals surface area contributed by atoms with Gasteiger partial charge in [0.2, 0.25) is 0 Å². The molecule has 2 aliphatic carbocycles. The van der Waals surface area contributed by atoms with E-state index in [2.05, 4.69) is 85.8 Å². The first-order valence-electron chi connectivity index (χ1n) is 9.28. The Bertz CT molecular complexity index is 1090. The quantitative estimate of drug-likeness (QED) is 0.755. The third kappa shape index (κ3) is 3.17. The second kappa shape index (κ2) is 7.11. The molecule has 0 aliphatic heterocycles. The van der Waals surface area contributed by atoms with Gasteiger partial charge in [0, 0.05) is 0 Å². The van der Waals surface area contributed by atoms with Crippen molar-refractivity contribution in [2.75, 3.05) is 0 Å². The Kier molecular flexibility index (Phi) is 4.52. The summed E-state index contributed by atoms with van der Waals surface area (Å²) in [5.74, 6) is 0. The third-order valence-electron chi connectivity index (χ3n) is 5.11. The molecular formula is C25H24. The van der Waals surface area contributed by atoms with Gasteiger partial charge in [-0.05, 0) is 70.2 Å². The number of fused-ring (bicyclic) bond motifs is 2. The van der Waals surface area contributed by atoms with Crippen molar-refractivity contribution in [3.63, 3.8) is 0 Å². The van der Waals surface area contributed by atoms with E-state index in [1.165, 1.54) is 37.6 Å². The van der Waals surface area contributed by atoms with Crippen LogP contribution in [0.15, 0.2) is 66.3 Å². The van der Waals surface area contributed by atoms with Gasteiger partial charge in [-0.1, -0.05) is 78.9 Å². The molecule has 0 saturated carbocycles. The molecule has 2 aliphatic rings. The van der Waals surface area contributed by atoms with Crippen molar-refractivity contribution in [3.05, 3.63) is 92.7 Å². The van der Waals surface area contributed by atoms with Crippen LogP contribution in [0.1, 0.15) is 38.2 Å². The van der Waals surface area contributed by atoms with Crippen molar-refractivity contribution >= 4 is 23.8 Å². The van der Waals surface area contributed by atoms with Crippen LogP contribution in [0.5, 0.6) is 0 Å². The van der Waals surface area contributed by atoms with Crippen LogP contribution >= 0.6 is 0 Å². The van der Waals surface area contributed by atoms with Gasteiger partial charge in [-0.3, -0.25) is 0 Å². The molecule has 0 radical (unpaired) electrons. The van der Waals surface area contributed by atoms with Crippen molar-refractivity contribution in [2.45, 2.75) is 32.6 Å². The highest BCUT2D eigenvalue weighted by Gasteiger charge is 2.10. The Morgan fingerprint density at radius 2 is 1.52 bits per heavy atom. The van der Waals surface area contributed by atoms with Crippen molar-refractivity contribution in [1.82, 2.24) is 0 Å². The zero-order valence-corrected chi connectivity index (χ0v) is 14.8. The highest BCUT2D eigenvalue weighted by atomic mass is 14.1. The lowest BCUT2D eigenvalue weighted by Crippen LogP contribution is -2.34. The van der Waals surface area contributed by atoms with Gasteiger partial charge in [0.25, 0.3) is 0 Å². The molecule has 0 aromatic heterocycles. The average molecular weight is 324 g/mol. The summed E-state index contributed by atoms with van der Waals surface area (Å²) in [4.78, 5) is 0. The van der Waals surface area contributed by atoms with Gasteiger partial charge in [-0.25, -0.2) is 0 Å². The molecule has 124 valence electrons. The van der Waals surface area contributed by atoms with Gasteiger partial charge in [-0.15, -0.1) is 0 Å².